The molecule has 1 atom stereocenters. The van der Waals surface area contributed by atoms with E-state index in [1.807, 2.05) is 32.9 Å². The largest absolute Gasteiger partial charge is 0.378 e. The van der Waals surface area contributed by atoms with Crippen LogP contribution in [0.25, 0.3) is 0 Å². The second-order valence-corrected chi connectivity index (χ2v) is 6.61. The highest BCUT2D eigenvalue weighted by molar-refractivity contribution is 6.03. The third-order valence-corrected chi connectivity index (χ3v) is 4.57. The number of rotatable bonds is 7. The van der Waals surface area contributed by atoms with Gasteiger partial charge in [-0.25, -0.2) is 0 Å². The third kappa shape index (κ3) is 4.66. The molecule has 0 saturated carbocycles. The van der Waals surface area contributed by atoms with Crippen molar-refractivity contribution >= 4 is 23.4 Å². The second-order valence-electron chi connectivity index (χ2n) is 6.61. The van der Waals surface area contributed by atoms with Gasteiger partial charge in [-0.15, -0.1) is 0 Å². The molecule has 1 saturated heterocycles. The SMILES string of the molecule is CCC1(c2ccc(NC(=O)CCOC(C)C)cc2)CCC(=O)NC1=O. The van der Waals surface area contributed by atoms with Crippen molar-refractivity contribution in [3.05, 3.63) is 29.8 Å². The molecule has 2 N–H and O–H groups in total. The van der Waals surface area contributed by atoms with Crippen LogP contribution in [0.1, 0.15) is 52.0 Å². The molecule has 0 aliphatic carbocycles. The molecule has 1 unspecified atom stereocenters. The highest BCUT2D eigenvalue weighted by Gasteiger charge is 2.42. The van der Waals surface area contributed by atoms with Gasteiger partial charge in [-0.1, -0.05) is 19.1 Å². The number of hydrogen-bond donors (Lipinski definition) is 2. The first-order chi connectivity index (χ1) is 11.9. The molecule has 1 fully saturated rings. The third-order valence-electron chi connectivity index (χ3n) is 4.57. The second kappa shape index (κ2) is 8.25. The molecular weight excluding hydrogens is 320 g/mol. The van der Waals surface area contributed by atoms with Gasteiger partial charge in [0.15, 0.2) is 0 Å². The van der Waals surface area contributed by atoms with Gasteiger partial charge in [-0.05, 0) is 44.4 Å². The van der Waals surface area contributed by atoms with E-state index in [4.69, 9.17) is 4.74 Å². The Morgan fingerprint density at radius 3 is 2.52 bits per heavy atom. The van der Waals surface area contributed by atoms with Crippen LogP contribution in [0.2, 0.25) is 0 Å². The number of hydrogen-bond acceptors (Lipinski definition) is 4. The Morgan fingerprint density at radius 2 is 1.96 bits per heavy atom. The molecule has 0 aromatic heterocycles. The minimum absolute atomic E-state index is 0.103. The van der Waals surface area contributed by atoms with E-state index in [0.29, 0.717) is 38.0 Å². The van der Waals surface area contributed by atoms with E-state index in [9.17, 15) is 14.4 Å². The maximum atomic E-state index is 12.4. The zero-order valence-corrected chi connectivity index (χ0v) is 15.1. The summed E-state index contributed by atoms with van der Waals surface area (Å²) in [6.07, 6.45) is 1.86. The lowest BCUT2D eigenvalue weighted by Gasteiger charge is -2.35. The number of anilines is 1. The quantitative estimate of drug-likeness (QED) is 0.743. The van der Waals surface area contributed by atoms with E-state index in [2.05, 4.69) is 10.6 Å². The Kier molecular flexibility index (Phi) is 6.31. The van der Waals surface area contributed by atoms with Crippen LogP contribution in [-0.2, 0) is 24.5 Å². The lowest BCUT2D eigenvalue weighted by Crippen LogP contribution is -2.51. The summed E-state index contributed by atoms with van der Waals surface area (Å²) in [7, 11) is 0. The number of piperidine rings is 1. The van der Waals surface area contributed by atoms with E-state index in [-0.39, 0.29) is 23.8 Å². The van der Waals surface area contributed by atoms with E-state index in [1.54, 1.807) is 12.1 Å². The van der Waals surface area contributed by atoms with Crippen molar-refractivity contribution < 1.29 is 19.1 Å². The highest BCUT2D eigenvalue weighted by Crippen LogP contribution is 2.36. The first-order valence-corrected chi connectivity index (χ1v) is 8.73. The Bertz CT molecular complexity index is 639. The van der Waals surface area contributed by atoms with Crippen LogP contribution in [0.4, 0.5) is 5.69 Å². The number of amides is 3. The summed E-state index contributed by atoms with van der Waals surface area (Å²) >= 11 is 0. The maximum absolute atomic E-state index is 12.4. The van der Waals surface area contributed by atoms with Crippen LogP contribution in [0.5, 0.6) is 0 Å². The average Bonchev–Trinajstić information content (AvgIpc) is 2.56. The highest BCUT2D eigenvalue weighted by atomic mass is 16.5. The van der Waals surface area contributed by atoms with Gasteiger partial charge >= 0.3 is 0 Å². The summed E-state index contributed by atoms with van der Waals surface area (Å²) in [6.45, 7) is 6.18. The molecule has 1 aliphatic heterocycles. The first-order valence-electron chi connectivity index (χ1n) is 8.73. The fourth-order valence-electron chi connectivity index (χ4n) is 3.05. The Labute approximate surface area is 148 Å². The molecule has 0 spiro atoms. The molecule has 136 valence electrons. The molecule has 1 aliphatic rings. The first kappa shape index (κ1) is 19.1. The number of ether oxygens (including phenoxy) is 1. The normalized spacial score (nSPS) is 20.5. The summed E-state index contributed by atoms with van der Waals surface area (Å²) in [6, 6.07) is 7.27. The number of carbonyl (C=O) groups is 3. The van der Waals surface area contributed by atoms with E-state index in [1.165, 1.54) is 0 Å². The van der Waals surface area contributed by atoms with E-state index in [0.717, 1.165) is 5.56 Å². The smallest absolute Gasteiger partial charge is 0.237 e. The van der Waals surface area contributed by atoms with Crippen LogP contribution >= 0.6 is 0 Å². The summed E-state index contributed by atoms with van der Waals surface area (Å²) in [4.78, 5) is 35.7. The molecule has 1 heterocycles. The maximum Gasteiger partial charge on any atom is 0.237 e. The van der Waals surface area contributed by atoms with Crippen molar-refractivity contribution in [1.82, 2.24) is 5.32 Å². The van der Waals surface area contributed by atoms with Crippen molar-refractivity contribution in [2.75, 3.05) is 11.9 Å². The van der Waals surface area contributed by atoms with Gasteiger partial charge in [0.05, 0.1) is 24.5 Å². The van der Waals surface area contributed by atoms with E-state index >= 15 is 0 Å². The van der Waals surface area contributed by atoms with Crippen LogP contribution in [0.15, 0.2) is 24.3 Å². The number of imide groups is 1. The predicted octanol–water partition coefficient (Wildman–Crippen LogP) is 2.52. The molecular formula is C19H26N2O4. The van der Waals surface area contributed by atoms with Crippen LogP contribution in [-0.4, -0.2) is 30.4 Å². The fraction of sp³-hybridized carbons (Fsp3) is 0.526. The lowest BCUT2D eigenvalue weighted by molar-refractivity contribution is -0.138. The molecule has 0 bridgehead atoms. The van der Waals surface area contributed by atoms with Gasteiger partial charge in [0, 0.05) is 12.1 Å². The molecule has 2 rings (SSSR count). The molecule has 1 aromatic rings. The number of benzene rings is 1. The van der Waals surface area contributed by atoms with Gasteiger partial charge in [0.25, 0.3) is 0 Å². The number of carbonyl (C=O) groups excluding carboxylic acids is 3. The summed E-state index contributed by atoms with van der Waals surface area (Å²) < 4.78 is 5.36. The monoisotopic (exact) mass is 346 g/mol. The van der Waals surface area contributed by atoms with Gasteiger partial charge in [-0.3, -0.25) is 19.7 Å². The summed E-state index contributed by atoms with van der Waals surface area (Å²) in [5, 5.41) is 5.26. The molecule has 0 radical (unpaired) electrons. The van der Waals surface area contributed by atoms with Crippen molar-refractivity contribution in [3.63, 3.8) is 0 Å². The van der Waals surface area contributed by atoms with Crippen molar-refractivity contribution in [1.29, 1.82) is 0 Å². The molecule has 6 heteroatoms. The molecule has 3 amide bonds. The Morgan fingerprint density at radius 1 is 1.28 bits per heavy atom. The van der Waals surface area contributed by atoms with E-state index < -0.39 is 5.41 Å². The fourth-order valence-corrected chi connectivity index (χ4v) is 3.05. The lowest BCUT2D eigenvalue weighted by atomic mass is 9.72. The van der Waals surface area contributed by atoms with Crippen LogP contribution in [0.3, 0.4) is 0 Å². The van der Waals surface area contributed by atoms with Gasteiger partial charge in [-0.2, -0.15) is 0 Å². The Balaban J connectivity index is 2.02. The topological polar surface area (TPSA) is 84.5 Å². The van der Waals surface area contributed by atoms with Crippen molar-refractivity contribution in [2.45, 2.75) is 58.0 Å². The zero-order valence-electron chi connectivity index (χ0n) is 15.1. The Hall–Kier alpha value is -2.21. The van der Waals surface area contributed by atoms with Gasteiger partial charge in [0.2, 0.25) is 17.7 Å². The van der Waals surface area contributed by atoms with Crippen LogP contribution < -0.4 is 10.6 Å². The number of nitrogens with one attached hydrogen (secondary N) is 2. The predicted molar refractivity (Wildman–Crippen MR) is 95.1 cm³/mol. The zero-order chi connectivity index (χ0) is 18.4. The summed E-state index contributed by atoms with van der Waals surface area (Å²) in [5.41, 5.74) is 0.861. The standard InChI is InChI=1S/C19H26N2O4/c1-4-19(11-9-16(22)21-18(19)24)14-5-7-15(8-6-14)20-17(23)10-12-25-13(2)3/h5-8,13H,4,9-12H2,1-3H3,(H,20,23)(H,21,22,24). The van der Waals surface area contributed by atoms with Gasteiger partial charge in [0.1, 0.15) is 0 Å². The minimum Gasteiger partial charge on any atom is -0.378 e. The molecule has 6 nitrogen and oxygen atoms in total. The molecule has 25 heavy (non-hydrogen) atoms. The van der Waals surface area contributed by atoms with Crippen LogP contribution in [0, 0.1) is 0 Å². The average molecular weight is 346 g/mol. The minimum atomic E-state index is -0.679. The van der Waals surface area contributed by atoms with Crippen molar-refractivity contribution in [2.24, 2.45) is 0 Å². The van der Waals surface area contributed by atoms with Gasteiger partial charge < -0.3 is 10.1 Å². The molecule has 1 aromatic carbocycles. The summed E-state index contributed by atoms with van der Waals surface area (Å²) in [5.74, 6) is -0.574. The van der Waals surface area contributed by atoms with Crippen molar-refractivity contribution in [3.8, 4) is 0 Å².